The lowest BCUT2D eigenvalue weighted by atomic mass is 9.92. The van der Waals surface area contributed by atoms with Gasteiger partial charge in [-0.15, -0.1) is 0 Å². The van der Waals surface area contributed by atoms with Crippen molar-refractivity contribution in [3.63, 3.8) is 0 Å². The molecule has 0 aliphatic carbocycles. The van der Waals surface area contributed by atoms with Gasteiger partial charge >= 0.3 is 6.18 Å². The Balaban J connectivity index is 1.55. The van der Waals surface area contributed by atoms with E-state index in [1.807, 2.05) is 78.9 Å². The molecule has 0 fully saturated rings. The molecule has 6 heteroatoms. The van der Waals surface area contributed by atoms with Crippen LogP contribution in [0.25, 0.3) is 22.0 Å². The topological polar surface area (TPSA) is 22.1 Å². The lowest BCUT2D eigenvalue weighted by Crippen LogP contribution is -2.07. The van der Waals surface area contributed by atoms with E-state index in [0.717, 1.165) is 33.9 Å². The van der Waals surface area contributed by atoms with Crippen LogP contribution in [0.2, 0.25) is 5.02 Å². The van der Waals surface area contributed by atoms with Gasteiger partial charge in [0.25, 0.3) is 0 Å². The number of hydrogen-bond donors (Lipinski definition) is 0. The summed E-state index contributed by atoms with van der Waals surface area (Å²) in [5, 5.41) is 1.14. The Bertz CT molecular complexity index is 1530. The van der Waals surface area contributed by atoms with Crippen molar-refractivity contribution in [2.24, 2.45) is 0 Å². The number of benzene rings is 4. The van der Waals surface area contributed by atoms with Gasteiger partial charge in [0.05, 0.1) is 17.7 Å². The molecule has 5 rings (SSSR count). The molecule has 37 heavy (non-hydrogen) atoms. The summed E-state index contributed by atoms with van der Waals surface area (Å²) in [5.74, 6) is 0.632. The van der Waals surface area contributed by atoms with Gasteiger partial charge in [0.15, 0.2) is 0 Å². The van der Waals surface area contributed by atoms with Crippen molar-refractivity contribution in [2.75, 3.05) is 6.61 Å². The first kappa shape index (κ1) is 24.8. The fraction of sp³-hybridized carbons (Fsp3) is 0.129. The largest absolute Gasteiger partial charge is 0.493 e. The van der Waals surface area contributed by atoms with Gasteiger partial charge in [0, 0.05) is 23.0 Å². The molecule has 0 aliphatic heterocycles. The maximum absolute atomic E-state index is 13.8. The van der Waals surface area contributed by atoms with Crippen LogP contribution in [0.3, 0.4) is 0 Å². The van der Waals surface area contributed by atoms with Crippen molar-refractivity contribution in [1.29, 1.82) is 0 Å². The van der Waals surface area contributed by atoms with Crippen molar-refractivity contribution < 1.29 is 17.9 Å². The number of fused-ring (bicyclic) bond motifs is 1. The highest BCUT2D eigenvalue weighted by Gasteiger charge is 2.33. The zero-order chi connectivity index (χ0) is 25.8. The minimum absolute atomic E-state index is 0.0631. The van der Waals surface area contributed by atoms with Gasteiger partial charge in [-0.3, -0.25) is 4.98 Å². The summed E-state index contributed by atoms with van der Waals surface area (Å²) in [4.78, 5) is 4.28. The summed E-state index contributed by atoms with van der Waals surface area (Å²) >= 11 is 6.25. The first-order chi connectivity index (χ1) is 17.9. The molecule has 1 heterocycles. The van der Waals surface area contributed by atoms with Crippen LogP contribution >= 0.6 is 11.6 Å². The van der Waals surface area contributed by atoms with Crippen molar-refractivity contribution >= 4 is 22.5 Å². The fourth-order valence-electron chi connectivity index (χ4n) is 4.51. The molecule has 0 aliphatic rings. The molecule has 186 valence electrons. The second-order valence-corrected chi connectivity index (χ2v) is 9.15. The Morgan fingerprint density at radius 1 is 0.784 bits per heavy atom. The lowest BCUT2D eigenvalue weighted by molar-refractivity contribution is -0.136. The molecule has 5 aromatic rings. The number of hydrogen-bond acceptors (Lipinski definition) is 2. The number of para-hydroxylation sites is 1. The SMILES string of the molecule is FC(F)(F)c1cccc2c(-c3cccc(OCCc4ccccc4Cl)c3)c(Cc3ccccc3)cnc12. The summed E-state index contributed by atoms with van der Waals surface area (Å²) < 4.78 is 47.4. The molecule has 2 nitrogen and oxygen atoms in total. The van der Waals surface area contributed by atoms with Crippen LogP contribution in [0.15, 0.2) is 103 Å². The maximum atomic E-state index is 13.8. The van der Waals surface area contributed by atoms with Gasteiger partial charge < -0.3 is 4.74 Å². The van der Waals surface area contributed by atoms with Crippen LogP contribution in [-0.4, -0.2) is 11.6 Å². The number of pyridine rings is 1. The maximum Gasteiger partial charge on any atom is 0.418 e. The molecule has 0 amide bonds. The van der Waals surface area contributed by atoms with Gasteiger partial charge in [-0.2, -0.15) is 13.2 Å². The first-order valence-corrected chi connectivity index (χ1v) is 12.3. The van der Waals surface area contributed by atoms with E-state index in [1.54, 1.807) is 12.3 Å². The average Bonchev–Trinajstić information content (AvgIpc) is 2.89. The molecule has 0 saturated carbocycles. The molecule has 0 bridgehead atoms. The standard InChI is InChI=1S/C31H23ClF3NO/c32-28-15-5-4-10-22(28)16-17-37-25-12-6-11-23(19-25)29-24(18-21-8-2-1-3-9-21)20-36-30-26(29)13-7-14-27(30)31(33,34)35/h1-15,19-20H,16-18H2. The van der Waals surface area contributed by atoms with E-state index in [1.165, 1.54) is 6.07 Å². The number of rotatable bonds is 7. The highest BCUT2D eigenvalue weighted by atomic mass is 35.5. The van der Waals surface area contributed by atoms with E-state index in [-0.39, 0.29) is 5.52 Å². The Hall–Kier alpha value is -3.83. The lowest BCUT2D eigenvalue weighted by Gasteiger charge is -2.17. The molecule has 0 radical (unpaired) electrons. The molecular weight excluding hydrogens is 495 g/mol. The third-order valence-electron chi connectivity index (χ3n) is 6.24. The predicted molar refractivity (Wildman–Crippen MR) is 142 cm³/mol. The summed E-state index contributed by atoms with van der Waals surface area (Å²) in [7, 11) is 0. The Morgan fingerprint density at radius 3 is 2.32 bits per heavy atom. The van der Waals surface area contributed by atoms with Gasteiger partial charge in [-0.1, -0.05) is 84.4 Å². The summed E-state index contributed by atoms with van der Waals surface area (Å²) in [6, 6.07) is 29.1. The van der Waals surface area contributed by atoms with E-state index in [4.69, 9.17) is 16.3 Å². The summed E-state index contributed by atoms with van der Waals surface area (Å²) in [6.07, 6.45) is -1.78. The van der Waals surface area contributed by atoms with E-state index in [9.17, 15) is 13.2 Å². The zero-order valence-corrected chi connectivity index (χ0v) is 20.6. The van der Waals surface area contributed by atoms with Crippen LogP contribution in [0.1, 0.15) is 22.3 Å². The molecule has 4 aromatic carbocycles. The third kappa shape index (κ3) is 5.62. The van der Waals surface area contributed by atoms with Crippen molar-refractivity contribution in [2.45, 2.75) is 19.0 Å². The predicted octanol–water partition coefficient (Wildman–Crippen LogP) is 8.79. The zero-order valence-electron chi connectivity index (χ0n) is 19.8. The van der Waals surface area contributed by atoms with Crippen LogP contribution in [-0.2, 0) is 19.0 Å². The van der Waals surface area contributed by atoms with Crippen LogP contribution in [0.5, 0.6) is 5.75 Å². The Morgan fingerprint density at radius 2 is 1.54 bits per heavy atom. The average molecular weight is 518 g/mol. The molecular formula is C31H23ClF3NO. The molecule has 0 unspecified atom stereocenters. The quantitative estimate of drug-likeness (QED) is 0.215. The Labute approximate surface area is 218 Å². The van der Waals surface area contributed by atoms with Crippen LogP contribution in [0, 0.1) is 0 Å². The first-order valence-electron chi connectivity index (χ1n) is 11.9. The van der Waals surface area contributed by atoms with Crippen molar-refractivity contribution in [1.82, 2.24) is 4.98 Å². The monoisotopic (exact) mass is 517 g/mol. The normalized spacial score (nSPS) is 11.6. The second-order valence-electron chi connectivity index (χ2n) is 8.74. The van der Waals surface area contributed by atoms with E-state index >= 15 is 0 Å². The number of nitrogens with zero attached hydrogens (tertiary/aromatic N) is 1. The molecule has 0 spiro atoms. The smallest absolute Gasteiger partial charge is 0.418 e. The van der Waals surface area contributed by atoms with Gasteiger partial charge in [0.1, 0.15) is 5.75 Å². The van der Waals surface area contributed by atoms with E-state index in [2.05, 4.69) is 4.98 Å². The Kier molecular flexibility index (Phi) is 7.15. The van der Waals surface area contributed by atoms with Gasteiger partial charge in [-0.25, -0.2) is 0 Å². The number of ether oxygens (including phenoxy) is 1. The fourth-order valence-corrected chi connectivity index (χ4v) is 4.74. The number of halogens is 4. The molecule has 1 aromatic heterocycles. The van der Waals surface area contributed by atoms with Crippen LogP contribution in [0.4, 0.5) is 13.2 Å². The highest BCUT2D eigenvalue weighted by Crippen LogP contribution is 2.39. The number of aromatic nitrogens is 1. The van der Waals surface area contributed by atoms with E-state index < -0.39 is 11.7 Å². The van der Waals surface area contributed by atoms with Crippen molar-refractivity contribution in [3.8, 4) is 16.9 Å². The minimum Gasteiger partial charge on any atom is -0.493 e. The summed E-state index contributed by atoms with van der Waals surface area (Å²) in [6.45, 7) is 0.416. The number of alkyl halides is 3. The van der Waals surface area contributed by atoms with Gasteiger partial charge in [-0.05, 0) is 58.5 Å². The summed E-state index contributed by atoms with van der Waals surface area (Å²) in [5.41, 5.74) is 3.56. The van der Waals surface area contributed by atoms with Gasteiger partial charge in [0.2, 0.25) is 0 Å². The van der Waals surface area contributed by atoms with Crippen LogP contribution < -0.4 is 4.74 Å². The highest BCUT2D eigenvalue weighted by molar-refractivity contribution is 6.31. The third-order valence-corrected chi connectivity index (χ3v) is 6.61. The van der Waals surface area contributed by atoms with E-state index in [0.29, 0.717) is 35.6 Å². The molecule has 0 saturated heterocycles. The second kappa shape index (κ2) is 10.7. The van der Waals surface area contributed by atoms with Crippen molar-refractivity contribution in [3.05, 3.63) is 131 Å². The molecule has 0 atom stereocenters. The minimum atomic E-state index is -4.51. The molecule has 0 N–H and O–H groups in total.